The molecule has 0 aliphatic carbocycles. The summed E-state index contributed by atoms with van der Waals surface area (Å²) in [6, 6.07) is 7.41. The van der Waals surface area contributed by atoms with E-state index in [0.717, 1.165) is 14.6 Å². The van der Waals surface area contributed by atoms with E-state index < -0.39 is 0 Å². The van der Waals surface area contributed by atoms with Crippen LogP contribution in [0.15, 0.2) is 39.4 Å². The first-order chi connectivity index (χ1) is 8.06. The molecule has 0 bridgehead atoms. The molecule has 0 amide bonds. The Morgan fingerprint density at radius 1 is 1.35 bits per heavy atom. The van der Waals surface area contributed by atoms with Gasteiger partial charge >= 0.3 is 0 Å². The number of rotatable bonds is 3. The zero-order valence-electron chi connectivity index (χ0n) is 9.15. The summed E-state index contributed by atoms with van der Waals surface area (Å²) in [4.78, 5) is 12.1. The molecule has 0 saturated heterocycles. The molecule has 0 saturated carbocycles. The number of ketones is 1. The zero-order chi connectivity index (χ0) is 12.4. The van der Waals surface area contributed by atoms with Crippen molar-refractivity contribution in [2.75, 3.05) is 0 Å². The average molecular weight is 358 g/mol. The van der Waals surface area contributed by atoms with E-state index in [1.165, 1.54) is 0 Å². The maximum Gasteiger partial charge on any atom is 0.170 e. The molecule has 88 valence electrons. The van der Waals surface area contributed by atoms with Crippen molar-refractivity contribution < 1.29 is 4.79 Å². The lowest BCUT2D eigenvalue weighted by molar-refractivity contribution is 0.0991. The third kappa shape index (κ3) is 3.04. The van der Waals surface area contributed by atoms with Crippen molar-refractivity contribution in [1.29, 1.82) is 0 Å². The van der Waals surface area contributed by atoms with E-state index in [1.807, 2.05) is 37.5 Å². The van der Waals surface area contributed by atoms with Crippen molar-refractivity contribution in [3.8, 4) is 0 Å². The minimum atomic E-state index is 0.0527. The van der Waals surface area contributed by atoms with E-state index in [9.17, 15) is 4.79 Å². The van der Waals surface area contributed by atoms with Crippen LogP contribution in [0.25, 0.3) is 0 Å². The minimum Gasteiger partial charge on any atom is -0.294 e. The van der Waals surface area contributed by atoms with Crippen LogP contribution in [0.5, 0.6) is 0 Å². The second-order valence-electron chi connectivity index (χ2n) is 3.70. The van der Waals surface area contributed by atoms with Crippen LogP contribution in [-0.4, -0.2) is 15.6 Å². The van der Waals surface area contributed by atoms with Gasteiger partial charge in [-0.1, -0.05) is 31.9 Å². The zero-order valence-corrected chi connectivity index (χ0v) is 12.3. The molecule has 1 aromatic heterocycles. The Morgan fingerprint density at radius 3 is 2.76 bits per heavy atom. The molecule has 5 heteroatoms. The Hall–Kier alpha value is -0.940. The lowest BCUT2D eigenvalue weighted by Gasteiger charge is -2.03. The van der Waals surface area contributed by atoms with Gasteiger partial charge in [0.1, 0.15) is 0 Å². The summed E-state index contributed by atoms with van der Waals surface area (Å²) in [5.74, 6) is 0.0527. The summed E-state index contributed by atoms with van der Waals surface area (Å²) in [5, 5.41) is 4.20. The SMILES string of the molecule is Cn1ccc(CC(=O)c2cc(Br)ccc2Br)n1. The van der Waals surface area contributed by atoms with Crippen LogP contribution in [0.4, 0.5) is 0 Å². The molecule has 2 rings (SSSR count). The number of carbonyl (C=O) groups is 1. The van der Waals surface area contributed by atoms with E-state index in [-0.39, 0.29) is 5.78 Å². The van der Waals surface area contributed by atoms with Crippen molar-refractivity contribution in [2.45, 2.75) is 6.42 Å². The van der Waals surface area contributed by atoms with E-state index >= 15 is 0 Å². The molecule has 3 nitrogen and oxygen atoms in total. The van der Waals surface area contributed by atoms with Crippen LogP contribution in [0.3, 0.4) is 0 Å². The molecule has 0 aliphatic heterocycles. The highest BCUT2D eigenvalue weighted by molar-refractivity contribution is 9.11. The van der Waals surface area contributed by atoms with Gasteiger partial charge in [-0.25, -0.2) is 0 Å². The predicted octanol–water partition coefficient (Wildman–Crippen LogP) is 3.37. The third-order valence-corrected chi connectivity index (χ3v) is 3.52. The van der Waals surface area contributed by atoms with Gasteiger partial charge in [0.15, 0.2) is 5.78 Å². The maximum atomic E-state index is 12.1. The van der Waals surface area contributed by atoms with Gasteiger partial charge in [0.25, 0.3) is 0 Å². The van der Waals surface area contributed by atoms with Gasteiger partial charge in [0.05, 0.1) is 12.1 Å². The summed E-state index contributed by atoms with van der Waals surface area (Å²) >= 11 is 6.74. The standard InChI is InChI=1S/C12H10Br2N2O/c1-16-5-4-9(15-16)7-12(17)10-6-8(13)2-3-11(10)14/h2-6H,7H2,1H3. The van der Waals surface area contributed by atoms with Crippen LogP contribution in [0, 0.1) is 0 Å². The van der Waals surface area contributed by atoms with Gasteiger partial charge in [-0.15, -0.1) is 0 Å². The molecule has 0 atom stereocenters. The topological polar surface area (TPSA) is 34.9 Å². The van der Waals surface area contributed by atoms with Gasteiger partial charge in [-0.05, 0) is 24.3 Å². The van der Waals surface area contributed by atoms with Gasteiger partial charge in [-0.3, -0.25) is 9.48 Å². The van der Waals surface area contributed by atoms with Gasteiger partial charge < -0.3 is 0 Å². The Balaban J connectivity index is 2.22. The molecule has 0 radical (unpaired) electrons. The lowest BCUT2D eigenvalue weighted by atomic mass is 10.1. The predicted molar refractivity (Wildman–Crippen MR) is 73.1 cm³/mol. The number of benzene rings is 1. The number of carbonyl (C=O) groups excluding carboxylic acids is 1. The quantitative estimate of drug-likeness (QED) is 0.789. The maximum absolute atomic E-state index is 12.1. The first-order valence-corrected chi connectivity index (χ1v) is 6.61. The van der Waals surface area contributed by atoms with Crippen molar-refractivity contribution in [3.05, 3.63) is 50.7 Å². The van der Waals surface area contributed by atoms with Crippen LogP contribution in [0.2, 0.25) is 0 Å². The molecule has 1 heterocycles. The molecule has 0 aliphatic rings. The van der Waals surface area contributed by atoms with Crippen molar-refractivity contribution in [3.63, 3.8) is 0 Å². The van der Waals surface area contributed by atoms with Crippen LogP contribution in [-0.2, 0) is 13.5 Å². The molecule has 0 spiro atoms. The smallest absolute Gasteiger partial charge is 0.170 e. The monoisotopic (exact) mass is 356 g/mol. The fraction of sp³-hybridized carbons (Fsp3) is 0.167. The molecule has 17 heavy (non-hydrogen) atoms. The molecular formula is C12H10Br2N2O. The lowest BCUT2D eigenvalue weighted by Crippen LogP contribution is -2.05. The number of hydrogen-bond acceptors (Lipinski definition) is 2. The number of aromatic nitrogens is 2. The normalized spacial score (nSPS) is 10.5. The number of nitrogens with zero attached hydrogens (tertiary/aromatic N) is 2. The van der Waals surface area contributed by atoms with Crippen LogP contribution >= 0.6 is 31.9 Å². The van der Waals surface area contributed by atoms with Gasteiger partial charge in [0.2, 0.25) is 0 Å². The molecule has 2 aromatic rings. The second-order valence-corrected chi connectivity index (χ2v) is 5.47. The van der Waals surface area contributed by atoms with Crippen molar-refractivity contribution in [2.24, 2.45) is 7.05 Å². The third-order valence-electron chi connectivity index (χ3n) is 2.34. The highest BCUT2D eigenvalue weighted by atomic mass is 79.9. The van der Waals surface area contributed by atoms with Crippen molar-refractivity contribution >= 4 is 37.6 Å². The number of Topliss-reactive ketones (excluding diaryl/α,β-unsaturated/α-hetero) is 1. The first-order valence-electron chi connectivity index (χ1n) is 5.03. The van der Waals surface area contributed by atoms with Gasteiger partial charge in [-0.2, -0.15) is 5.10 Å². The molecular weight excluding hydrogens is 348 g/mol. The van der Waals surface area contributed by atoms with Crippen LogP contribution in [0.1, 0.15) is 16.1 Å². The Kier molecular flexibility index (Phi) is 3.79. The number of aryl methyl sites for hydroxylation is 1. The molecule has 0 fully saturated rings. The summed E-state index contributed by atoms with van der Waals surface area (Å²) in [5.41, 5.74) is 1.45. The summed E-state index contributed by atoms with van der Waals surface area (Å²) in [6.07, 6.45) is 2.15. The van der Waals surface area contributed by atoms with Crippen molar-refractivity contribution in [1.82, 2.24) is 9.78 Å². The largest absolute Gasteiger partial charge is 0.294 e. The highest BCUT2D eigenvalue weighted by Gasteiger charge is 2.12. The van der Waals surface area contributed by atoms with Crippen LogP contribution < -0.4 is 0 Å². The minimum absolute atomic E-state index is 0.0527. The Morgan fingerprint density at radius 2 is 2.12 bits per heavy atom. The number of halogens is 2. The summed E-state index contributed by atoms with van der Waals surface area (Å²) in [7, 11) is 1.84. The van der Waals surface area contributed by atoms with E-state index in [4.69, 9.17) is 0 Å². The highest BCUT2D eigenvalue weighted by Crippen LogP contribution is 2.22. The average Bonchev–Trinajstić information content (AvgIpc) is 2.67. The molecule has 0 unspecified atom stereocenters. The van der Waals surface area contributed by atoms with E-state index in [0.29, 0.717) is 12.0 Å². The molecule has 1 aromatic carbocycles. The summed E-state index contributed by atoms with van der Waals surface area (Å²) in [6.45, 7) is 0. The fourth-order valence-corrected chi connectivity index (χ4v) is 2.36. The fourth-order valence-electron chi connectivity index (χ4n) is 1.53. The summed E-state index contributed by atoms with van der Waals surface area (Å²) < 4.78 is 3.39. The first kappa shape index (κ1) is 12.5. The van der Waals surface area contributed by atoms with E-state index in [2.05, 4.69) is 37.0 Å². The van der Waals surface area contributed by atoms with Gasteiger partial charge in [0, 0.05) is 27.8 Å². The second kappa shape index (κ2) is 5.14. The Bertz CT molecular complexity index is 563. The van der Waals surface area contributed by atoms with E-state index in [1.54, 1.807) is 4.68 Å². The Labute approximate surface area is 116 Å². The molecule has 0 N–H and O–H groups in total. The number of hydrogen-bond donors (Lipinski definition) is 0.